The fraction of sp³-hybridized carbons (Fsp3) is 0.714. The smallest absolute Gasteiger partial charge is 0.132 e. The van der Waals surface area contributed by atoms with Crippen LogP contribution < -0.4 is 10.6 Å². The van der Waals surface area contributed by atoms with Gasteiger partial charge in [0.05, 0.1) is 0 Å². The van der Waals surface area contributed by atoms with Gasteiger partial charge >= 0.3 is 0 Å². The molecule has 4 nitrogen and oxygen atoms in total. The first-order valence-corrected chi connectivity index (χ1v) is 6.99. The van der Waals surface area contributed by atoms with Gasteiger partial charge < -0.3 is 10.6 Å². The zero-order valence-corrected chi connectivity index (χ0v) is 12.1. The molecule has 0 spiro atoms. The number of aromatic nitrogens is 2. The van der Waals surface area contributed by atoms with Gasteiger partial charge in [-0.2, -0.15) is 0 Å². The molecular formula is C14H26N4. The number of nitrogens with zero attached hydrogens (tertiary/aromatic N) is 2. The van der Waals surface area contributed by atoms with E-state index in [2.05, 4.69) is 34.4 Å². The minimum absolute atomic E-state index is 0.522. The molecule has 4 heteroatoms. The second kappa shape index (κ2) is 7.90. The topological polar surface area (TPSA) is 49.8 Å². The summed E-state index contributed by atoms with van der Waals surface area (Å²) in [4.78, 5) is 8.76. The van der Waals surface area contributed by atoms with Gasteiger partial charge in [0.15, 0.2) is 0 Å². The van der Waals surface area contributed by atoms with Gasteiger partial charge in [-0.05, 0) is 19.8 Å². The number of unbranched alkanes of at least 4 members (excludes halogenated alkanes) is 1. The van der Waals surface area contributed by atoms with Crippen LogP contribution in [0.3, 0.4) is 0 Å². The molecule has 1 atom stereocenters. The average Bonchev–Trinajstić information content (AvgIpc) is 2.35. The van der Waals surface area contributed by atoms with Crippen molar-refractivity contribution in [2.75, 3.05) is 17.7 Å². The van der Waals surface area contributed by atoms with E-state index in [0.717, 1.165) is 17.5 Å². The van der Waals surface area contributed by atoms with Crippen molar-refractivity contribution in [2.24, 2.45) is 0 Å². The summed E-state index contributed by atoms with van der Waals surface area (Å²) in [6, 6.07) is 2.50. The van der Waals surface area contributed by atoms with Crippen molar-refractivity contribution in [3.63, 3.8) is 0 Å². The van der Waals surface area contributed by atoms with Gasteiger partial charge in [0.25, 0.3) is 0 Å². The number of hydrogen-bond donors (Lipinski definition) is 2. The van der Waals surface area contributed by atoms with E-state index < -0.39 is 0 Å². The molecule has 18 heavy (non-hydrogen) atoms. The maximum atomic E-state index is 4.45. The lowest BCUT2D eigenvalue weighted by Gasteiger charge is -2.19. The van der Waals surface area contributed by atoms with Crippen molar-refractivity contribution < 1.29 is 0 Å². The van der Waals surface area contributed by atoms with Crippen LogP contribution in [-0.2, 0) is 0 Å². The summed E-state index contributed by atoms with van der Waals surface area (Å²) in [7, 11) is 1.88. The fourth-order valence-corrected chi connectivity index (χ4v) is 2.07. The summed E-state index contributed by atoms with van der Waals surface area (Å²) in [6.07, 6.45) is 6.11. The molecule has 0 saturated heterocycles. The lowest BCUT2D eigenvalue weighted by Crippen LogP contribution is -2.20. The first kappa shape index (κ1) is 14.7. The summed E-state index contributed by atoms with van der Waals surface area (Å²) in [6.45, 7) is 6.38. The summed E-state index contributed by atoms with van der Waals surface area (Å²) >= 11 is 0. The van der Waals surface area contributed by atoms with E-state index in [9.17, 15) is 0 Å². The van der Waals surface area contributed by atoms with Gasteiger partial charge in [0.2, 0.25) is 0 Å². The Morgan fingerprint density at radius 1 is 1.11 bits per heavy atom. The Kier molecular flexibility index (Phi) is 6.47. The van der Waals surface area contributed by atoms with Crippen molar-refractivity contribution in [3.05, 3.63) is 11.9 Å². The van der Waals surface area contributed by atoms with Gasteiger partial charge in [0.1, 0.15) is 17.5 Å². The highest BCUT2D eigenvalue weighted by atomic mass is 15.1. The van der Waals surface area contributed by atoms with Crippen LogP contribution in [0, 0.1) is 6.92 Å². The van der Waals surface area contributed by atoms with Crippen molar-refractivity contribution in [2.45, 2.75) is 58.9 Å². The highest BCUT2D eigenvalue weighted by molar-refractivity contribution is 5.47. The first-order chi connectivity index (χ1) is 8.69. The largest absolute Gasteiger partial charge is 0.373 e. The predicted octanol–water partition coefficient (Wildman–Crippen LogP) is 3.60. The Labute approximate surface area is 111 Å². The van der Waals surface area contributed by atoms with Crippen molar-refractivity contribution >= 4 is 11.6 Å². The first-order valence-electron chi connectivity index (χ1n) is 6.99. The molecule has 0 bridgehead atoms. The Balaban J connectivity index is 2.69. The SMILES string of the molecule is CCCCC(CCC)Nc1cc(NC)nc(C)n1. The highest BCUT2D eigenvalue weighted by Gasteiger charge is 2.09. The quantitative estimate of drug-likeness (QED) is 0.740. The molecule has 0 saturated carbocycles. The molecule has 0 amide bonds. The maximum absolute atomic E-state index is 4.45. The van der Waals surface area contributed by atoms with Gasteiger partial charge in [-0.25, -0.2) is 9.97 Å². The maximum Gasteiger partial charge on any atom is 0.132 e. The molecular weight excluding hydrogens is 224 g/mol. The Morgan fingerprint density at radius 3 is 2.44 bits per heavy atom. The van der Waals surface area contributed by atoms with Gasteiger partial charge in [0, 0.05) is 19.2 Å². The molecule has 0 radical (unpaired) electrons. The van der Waals surface area contributed by atoms with E-state index in [1.807, 2.05) is 20.0 Å². The fourth-order valence-electron chi connectivity index (χ4n) is 2.07. The predicted molar refractivity (Wildman–Crippen MR) is 78.2 cm³/mol. The molecule has 1 aromatic heterocycles. The average molecular weight is 250 g/mol. The van der Waals surface area contributed by atoms with Crippen molar-refractivity contribution in [3.8, 4) is 0 Å². The number of hydrogen-bond acceptors (Lipinski definition) is 4. The Bertz CT molecular complexity index is 352. The van der Waals surface area contributed by atoms with E-state index in [1.54, 1.807) is 0 Å². The van der Waals surface area contributed by atoms with Gasteiger partial charge in [-0.15, -0.1) is 0 Å². The van der Waals surface area contributed by atoms with Gasteiger partial charge in [-0.3, -0.25) is 0 Å². The lowest BCUT2D eigenvalue weighted by atomic mass is 10.1. The minimum atomic E-state index is 0.522. The zero-order chi connectivity index (χ0) is 13.4. The van der Waals surface area contributed by atoms with Gasteiger partial charge in [-0.1, -0.05) is 33.1 Å². The molecule has 0 aromatic carbocycles. The summed E-state index contributed by atoms with van der Waals surface area (Å²) in [5.41, 5.74) is 0. The number of nitrogens with one attached hydrogen (secondary N) is 2. The van der Waals surface area contributed by atoms with Crippen LogP contribution in [0.2, 0.25) is 0 Å². The summed E-state index contributed by atoms with van der Waals surface area (Å²) in [5, 5.41) is 6.60. The minimum Gasteiger partial charge on any atom is -0.373 e. The molecule has 1 aromatic rings. The van der Waals surface area contributed by atoms with Crippen LogP contribution in [0.25, 0.3) is 0 Å². The molecule has 1 heterocycles. The number of rotatable bonds is 8. The molecule has 0 aliphatic carbocycles. The van der Waals surface area contributed by atoms with Crippen LogP contribution in [0.5, 0.6) is 0 Å². The van der Waals surface area contributed by atoms with Crippen LogP contribution in [-0.4, -0.2) is 23.1 Å². The second-order valence-electron chi connectivity index (χ2n) is 4.71. The summed E-state index contributed by atoms with van der Waals surface area (Å²) < 4.78 is 0. The third-order valence-corrected chi connectivity index (χ3v) is 2.99. The highest BCUT2D eigenvalue weighted by Crippen LogP contribution is 2.16. The molecule has 102 valence electrons. The van der Waals surface area contributed by atoms with Crippen LogP contribution in [0.4, 0.5) is 11.6 Å². The molecule has 0 fully saturated rings. The summed E-state index contributed by atoms with van der Waals surface area (Å²) in [5.74, 6) is 2.60. The van der Waals surface area contributed by atoms with E-state index >= 15 is 0 Å². The van der Waals surface area contributed by atoms with E-state index in [0.29, 0.717) is 6.04 Å². The molecule has 1 rings (SSSR count). The monoisotopic (exact) mass is 250 g/mol. The molecule has 0 aliphatic heterocycles. The molecule has 1 unspecified atom stereocenters. The van der Waals surface area contributed by atoms with Crippen LogP contribution in [0.15, 0.2) is 6.07 Å². The zero-order valence-electron chi connectivity index (χ0n) is 12.1. The molecule has 0 aliphatic rings. The van der Waals surface area contributed by atoms with Crippen molar-refractivity contribution in [1.82, 2.24) is 9.97 Å². The normalized spacial score (nSPS) is 12.2. The Hall–Kier alpha value is -1.32. The molecule has 2 N–H and O–H groups in total. The number of anilines is 2. The second-order valence-corrected chi connectivity index (χ2v) is 4.71. The number of aryl methyl sites for hydroxylation is 1. The van der Waals surface area contributed by atoms with Crippen LogP contribution in [0.1, 0.15) is 51.8 Å². The third kappa shape index (κ3) is 4.90. The van der Waals surface area contributed by atoms with E-state index in [-0.39, 0.29) is 0 Å². The van der Waals surface area contributed by atoms with E-state index in [4.69, 9.17) is 0 Å². The van der Waals surface area contributed by atoms with Crippen LogP contribution >= 0.6 is 0 Å². The standard InChI is InChI=1S/C14H26N4/c1-5-7-9-12(8-6-2)18-14-10-13(15-4)16-11(3)17-14/h10,12H,5-9H2,1-4H3,(H2,15,16,17,18). The lowest BCUT2D eigenvalue weighted by molar-refractivity contribution is 0.562. The van der Waals surface area contributed by atoms with Crippen molar-refractivity contribution in [1.29, 1.82) is 0 Å². The Morgan fingerprint density at radius 2 is 1.83 bits per heavy atom. The van der Waals surface area contributed by atoms with E-state index in [1.165, 1.54) is 32.1 Å². The third-order valence-electron chi connectivity index (χ3n) is 2.99.